The van der Waals surface area contributed by atoms with Crippen LogP contribution in [0.5, 0.6) is 0 Å². The molecule has 0 aliphatic rings. The number of aromatic amines is 2. The van der Waals surface area contributed by atoms with Gasteiger partial charge in [-0.15, -0.1) is 0 Å². The number of imidazole rings is 2. The summed E-state index contributed by atoms with van der Waals surface area (Å²) < 4.78 is 0. The first kappa shape index (κ1) is 31.8. The van der Waals surface area contributed by atoms with E-state index in [2.05, 4.69) is 9.97 Å². The number of nitrogens with zero attached hydrogens (tertiary/aromatic N) is 4. The van der Waals surface area contributed by atoms with Gasteiger partial charge in [-0.3, -0.25) is 20.2 Å². The number of nitrogens with one attached hydrogen (secondary N) is 2. The lowest BCUT2D eigenvalue weighted by Crippen LogP contribution is -1.89. The van der Waals surface area contributed by atoms with Gasteiger partial charge in [0.25, 0.3) is 11.4 Å². The summed E-state index contributed by atoms with van der Waals surface area (Å²) in [4.78, 5) is 38.3. The summed E-state index contributed by atoms with van der Waals surface area (Å²) in [6.45, 7) is -0.120. The first-order valence-electron chi connectivity index (χ1n) is 15.5. The average Bonchev–Trinajstić information content (AvgIpc) is 3.81. The highest BCUT2D eigenvalue weighted by Crippen LogP contribution is 2.37. The second-order valence-corrected chi connectivity index (χ2v) is 11.5. The molecule has 2 heterocycles. The Morgan fingerprint density at radius 2 is 0.760 bits per heavy atom. The van der Waals surface area contributed by atoms with Gasteiger partial charge in [-0.05, 0) is 35.4 Å². The van der Waals surface area contributed by atoms with Gasteiger partial charge >= 0.3 is 0 Å². The van der Waals surface area contributed by atoms with E-state index in [1.165, 1.54) is 24.3 Å². The lowest BCUT2D eigenvalue weighted by Gasteiger charge is -2.05. The van der Waals surface area contributed by atoms with Crippen LogP contribution in [0, 0.1) is 20.2 Å². The van der Waals surface area contributed by atoms with Gasteiger partial charge in [0.2, 0.25) is 0 Å². The molecule has 0 unspecified atom stereocenters. The van der Waals surface area contributed by atoms with Crippen molar-refractivity contribution in [2.24, 2.45) is 0 Å². The zero-order chi connectivity index (χ0) is 34.8. The molecule has 12 nitrogen and oxygen atoms in total. The molecule has 0 saturated carbocycles. The SMILES string of the molecule is O=[N+]([O-])c1ccc(-c2nc(-c3ccc(-c4nc(-c5ccc(CO)cc5)c(-c5ccc(CO)cc5)[nH]4)cc3)[nH]c2-c2ccc([N+](=O)[O-])cc2)cc1. The van der Waals surface area contributed by atoms with Gasteiger partial charge in [0.1, 0.15) is 11.6 Å². The van der Waals surface area contributed by atoms with Crippen molar-refractivity contribution in [2.45, 2.75) is 13.2 Å². The van der Waals surface area contributed by atoms with Crippen molar-refractivity contribution < 1.29 is 20.1 Å². The molecule has 0 aliphatic heterocycles. The number of benzene rings is 5. The molecule has 0 amide bonds. The van der Waals surface area contributed by atoms with E-state index in [4.69, 9.17) is 9.97 Å². The van der Waals surface area contributed by atoms with E-state index in [1.54, 1.807) is 24.3 Å². The summed E-state index contributed by atoms with van der Waals surface area (Å²) in [7, 11) is 0. The number of aliphatic hydroxyl groups is 2. The van der Waals surface area contributed by atoms with Crippen molar-refractivity contribution in [3.8, 4) is 67.8 Å². The zero-order valence-corrected chi connectivity index (χ0v) is 26.3. The standard InChI is InChI=1S/C38H28N6O6/c45-21-23-1-5-25(6-2-23)33-34(26-7-3-24(22-46)4-8-26)40-37(39-33)29-9-11-30(12-10-29)38-41-35(27-13-17-31(18-14-27)43(47)48)36(42-38)28-15-19-32(20-16-28)44(49)50/h1-20,45-46H,21-22H2,(H,39,40)(H,41,42). The highest BCUT2D eigenvalue weighted by atomic mass is 16.6. The van der Waals surface area contributed by atoms with Crippen LogP contribution in [0.15, 0.2) is 121 Å². The zero-order valence-electron chi connectivity index (χ0n) is 26.3. The molecule has 0 spiro atoms. The van der Waals surface area contributed by atoms with Gasteiger partial charge in [-0.25, -0.2) is 9.97 Å². The van der Waals surface area contributed by atoms with Crippen LogP contribution in [0.4, 0.5) is 11.4 Å². The Hall–Kier alpha value is -6.76. The summed E-state index contributed by atoms with van der Waals surface area (Å²) in [5.41, 5.74) is 8.81. The number of aliphatic hydroxyl groups excluding tert-OH is 2. The summed E-state index contributed by atoms with van der Waals surface area (Å²) in [6, 6.07) is 34.9. The quantitative estimate of drug-likeness (QED) is 0.0838. The van der Waals surface area contributed by atoms with Crippen LogP contribution in [0.1, 0.15) is 11.1 Å². The van der Waals surface area contributed by atoms with Gasteiger partial charge in [-0.1, -0.05) is 72.8 Å². The largest absolute Gasteiger partial charge is 0.392 e. The number of nitro benzene ring substituents is 2. The van der Waals surface area contributed by atoms with Gasteiger partial charge in [0.15, 0.2) is 0 Å². The third kappa shape index (κ3) is 6.27. The summed E-state index contributed by atoms with van der Waals surface area (Å²) >= 11 is 0. The number of hydrogen-bond acceptors (Lipinski definition) is 8. The van der Waals surface area contributed by atoms with Crippen LogP contribution < -0.4 is 0 Å². The number of H-pyrrole nitrogens is 2. The molecule has 5 aromatic carbocycles. The van der Waals surface area contributed by atoms with Crippen molar-refractivity contribution in [3.63, 3.8) is 0 Å². The molecule has 7 rings (SSSR count). The molecule has 4 N–H and O–H groups in total. The molecule has 7 aromatic rings. The number of aromatic nitrogens is 4. The Morgan fingerprint density at radius 1 is 0.460 bits per heavy atom. The maximum absolute atomic E-state index is 11.3. The van der Waals surface area contributed by atoms with E-state index in [9.17, 15) is 30.4 Å². The van der Waals surface area contributed by atoms with E-state index in [0.717, 1.165) is 44.8 Å². The molecule has 0 atom stereocenters. The monoisotopic (exact) mass is 664 g/mol. The third-order valence-electron chi connectivity index (χ3n) is 8.39. The first-order chi connectivity index (χ1) is 24.3. The maximum Gasteiger partial charge on any atom is 0.269 e. The molecular formula is C38H28N6O6. The Balaban J connectivity index is 1.27. The predicted molar refractivity (Wildman–Crippen MR) is 189 cm³/mol. The number of nitro groups is 2. The smallest absolute Gasteiger partial charge is 0.269 e. The summed E-state index contributed by atoms with van der Waals surface area (Å²) in [6.07, 6.45) is 0. The van der Waals surface area contributed by atoms with Crippen molar-refractivity contribution >= 4 is 11.4 Å². The van der Waals surface area contributed by atoms with Gasteiger partial charge < -0.3 is 20.2 Å². The number of hydrogen-bond donors (Lipinski definition) is 4. The Labute approximate surface area is 284 Å². The fourth-order valence-electron chi connectivity index (χ4n) is 5.68. The maximum atomic E-state index is 11.3. The minimum Gasteiger partial charge on any atom is -0.392 e. The van der Waals surface area contributed by atoms with E-state index in [1.807, 2.05) is 72.8 Å². The highest BCUT2D eigenvalue weighted by molar-refractivity contribution is 5.83. The van der Waals surface area contributed by atoms with Crippen LogP contribution >= 0.6 is 0 Å². The summed E-state index contributed by atoms with van der Waals surface area (Å²) in [5, 5.41) is 41.6. The van der Waals surface area contributed by atoms with Crippen molar-refractivity contribution in [3.05, 3.63) is 153 Å². The second-order valence-electron chi connectivity index (χ2n) is 11.5. The van der Waals surface area contributed by atoms with Crippen LogP contribution in [0.2, 0.25) is 0 Å². The molecule has 0 saturated heterocycles. The molecular weight excluding hydrogens is 636 g/mol. The normalized spacial score (nSPS) is 11.1. The van der Waals surface area contributed by atoms with Crippen molar-refractivity contribution in [1.29, 1.82) is 0 Å². The molecule has 12 heteroatoms. The topological polar surface area (TPSA) is 184 Å². The number of rotatable bonds is 10. The lowest BCUT2D eigenvalue weighted by molar-refractivity contribution is -0.385. The third-order valence-corrected chi connectivity index (χ3v) is 8.39. The van der Waals surface area contributed by atoms with Crippen LogP contribution in [0.3, 0.4) is 0 Å². The number of non-ortho nitro benzene ring substituents is 2. The second kappa shape index (κ2) is 13.4. The molecule has 246 valence electrons. The Kier molecular flexibility index (Phi) is 8.52. The predicted octanol–water partition coefficient (Wildman–Crippen LogP) is 7.94. The molecule has 0 fully saturated rings. The molecule has 0 bridgehead atoms. The minimum absolute atomic E-state index is 0.0467. The Morgan fingerprint density at radius 3 is 1.10 bits per heavy atom. The molecule has 0 radical (unpaired) electrons. The van der Waals surface area contributed by atoms with Crippen molar-refractivity contribution in [1.82, 2.24) is 19.9 Å². The van der Waals surface area contributed by atoms with Crippen LogP contribution in [0.25, 0.3) is 67.8 Å². The van der Waals surface area contributed by atoms with Crippen LogP contribution in [-0.2, 0) is 13.2 Å². The van der Waals surface area contributed by atoms with Gasteiger partial charge in [-0.2, -0.15) is 0 Å². The van der Waals surface area contributed by atoms with E-state index in [-0.39, 0.29) is 24.6 Å². The van der Waals surface area contributed by atoms with Crippen LogP contribution in [-0.4, -0.2) is 40.0 Å². The molecule has 50 heavy (non-hydrogen) atoms. The Bertz CT molecular complexity index is 2170. The van der Waals surface area contributed by atoms with E-state index in [0.29, 0.717) is 34.2 Å². The van der Waals surface area contributed by atoms with E-state index < -0.39 is 9.85 Å². The lowest BCUT2D eigenvalue weighted by atomic mass is 10.0. The van der Waals surface area contributed by atoms with Crippen molar-refractivity contribution in [2.75, 3.05) is 0 Å². The van der Waals surface area contributed by atoms with E-state index >= 15 is 0 Å². The fourth-order valence-corrected chi connectivity index (χ4v) is 5.68. The minimum atomic E-state index is -0.469. The first-order valence-corrected chi connectivity index (χ1v) is 15.5. The fraction of sp³-hybridized carbons (Fsp3) is 0.0526. The molecule has 2 aromatic heterocycles. The van der Waals surface area contributed by atoms with Gasteiger partial charge in [0.05, 0.1) is 45.8 Å². The average molecular weight is 665 g/mol. The summed E-state index contributed by atoms with van der Waals surface area (Å²) in [5.74, 6) is 1.17. The molecule has 0 aliphatic carbocycles. The van der Waals surface area contributed by atoms with Gasteiger partial charge in [0, 0.05) is 57.6 Å². The highest BCUT2D eigenvalue weighted by Gasteiger charge is 2.19.